The van der Waals surface area contributed by atoms with Crippen LogP contribution in [0.15, 0.2) is 41.1 Å². The molecule has 2 heteroatoms. The van der Waals surface area contributed by atoms with Gasteiger partial charge in [-0.2, -0.15) is 11.3 Å². The van der Waals surface area contributed by atoms with Crippen LogP contribution >= 0.6 is 11.3 Å². The third-order valence-electron chi connectivity index (χ3n) is 2.86. The third kappa shape index (κ3) is 2.34. The smallest absolute Gasteiger partial charge is 0.0559 e. The molecule has 2 rings (SSSR count). The van der Waals surface area contributed by atoms with Gasteiger partial charge in [0.25, 0.3) is 0 Å². The van der Waals surface area contributed by atoms with Gasteiger partial charge in [0.2, 0.25) is 0 Å². The molecule has 1 nitrogen and oxygen atoms in total. The zero-order valence-electron chi connectivity index (χ0n) is 9.68. The van der Waals surface area contributed by atoms with E-state index in [0.717, 1.165) is 0 Å². The first kappa shape index (κ1) is 11.4. The third-order valence-corrected chi connectivity index (χ3v) is 3.57. The van der Waals surface area contributed by atoms with Crippen molar-refractivity contribution >= 4 is 11.3 Å². The molecule has 0 amide bonds. The Morgan fingerprint density at radius 3 is 2.06 bits per heavy atom. The minimum atomic E-state index is 0.00691. The molecule has 0 unspecified atom stereocenters. The van der Waals surface area contributed by atoms with Crippen LogP contribution in [0, 0.1) is 0 Å². The van der Waals surface area contributed by atoms with Crippen molar-refractivity contribution in [2.75, 3.05) is 0 Å². The van der Waals surface area contributed by atoms with E-state index in [2.05, 4.69) is 54.9 Å². The normalized spacial score (nSPS) is 13.0. The van der Waals surface area contributed by atoms with Crippen LogP contribution in [0.5, 0.6) is 0 Å². The molecule has 0 radical (unpaired) electrons. The lowest BCUT2D eigenvalue weighted by Gasteiger charge is -2.12. The standard InChI is InChI=1S/C14H17NS/c1-10(2)11-3-5-12(6-4-11)14(15)13-7-8-16-9-13/h3-10,14H,15H2,1-2H3/t14-/m1/s1. The van der Waals surface area contributed by atoms with Crippen molar-refractivity contribution in [2.24, 2.45) is 5.73 Å². The van der Waals surface area contributed by atoms with Crippen LogP contribution in [-0.2, 0) is 0 Å². The summed E-state index contributed by atoms with van der Waals surface area (Å²) in [5.41, 5.74) is 9.94. The van der Waals surface area contributed by atoms with Crippen molar-refractivity contribution in [2.45, 2.75) is 25.8 Å². The first-order valence-corrected chi connectivity index (χ1v) is 6.50. The molecule has 0 saturated heterocycles. The van der Waals surface area contributed by atoms with Gasteiger partial charge in [-0.05, 0) is 39.4 Å². The molecule has 0 aliphatic rings. The fourth-order valence-electron chi connectivity index (χ4n) is 1.73. The maximum atomic E-state index is 6.19. The molecule has 0 fully saturated rings. The van der Waals surface area contributed by atoms with Gasteiger partial charge in [-0.15, -0.1) is 0 Å². The fraction of sp³-hybridized carbons (Fsp3) is 0.286. The summed E-state index contributed by atoms with van der Waals surface area (Å²) in [5, 5.41) is 4.18. The second kappa shape index (κ2) is 4.81. The molecule has 2 aromatic rings. The quantitative estimate of drug-likeness (QED) is 0.851. The summed E-state index contributed by atoms with van der Waals surface area (Å²) in [4.78, 5) is 0. The summed E-state index contributed by atoms with van der Waals surface area (Å²) in [6.45, 7) is 4.40. The Hall–Kier alpha value is -1.12. The largest absolute Gasteiger partial charge is 0.320 e. The van der Waals surface area contributed by atoms with Crippen LogP contribution in [0.2, 0.25) is 0 Å². The van der Waals surface area contributed by atoms with Crippen molar-refractivity contribution in [1.29, 1.82) is 0 Å². The highest BCUT2D eigenvalue weighted by Gasteiger charge is 2.09. The summed E-state index contributed by atoms with van der Waals surface area (Å²) in [6, 6.07) is 10.7. The van der Waals surface area contributed by atoms with E-state index < -0.39 is 0 Å². The van der Waals surface area contributed by atoms with E-state index in [1.54, 1.807) is 11.3 Å². The van der Waals surface area contributed by atoms with Gasteiger partial charge < -0.3 is 5.73 Å². The predicted octanol–water partition coefficient (Wildman–Crippen LogP) is 3.92. The Morgan fingerprint density at radius 1 is 0.938 bits per heavy atom. The number of hydrogen-bond donors (Lipinski definition) is 1. The summed E-state index contributed by atoms with van der Waals surface area (Å²) >= 11 is 1.69. The van der Waals surface area contributed by atoms with Crippen LogP contribution in [0.25, 0.3) is 0 Å². The molecular weight excluding hydrogens is 214 g/mol. The first-order chi connectivity index (χ1) is 7.68. The molecule has 0 bridgehead atoms. The Bertz CT molecular complexity index is 428. The van der Waals surface area contributed by atoms with E-state index in [0.29, 0.717) is 5.92 Å². The summed E-state index contributed by atoms with van der Waals surface area (Å²) in [5.74, 6) is 0.575. The van der Waals surface area contributed by atoms with E-state index in [-0.39, 0.29) is 6.04 Å². The molecule has 0 aliphatic carbocycles. The van der Waals surface area contributed by atoms with E-state index in [4.69, 9.17) is 5.73 Å². The van der Waals surface area contributed by atoms with Gasteiger partial charge in [0, 0.05) is 0 Å². The summed E-state index contributed by atoms with van der Waals surface area (Å²) in [7, 11) is 0. The maximum Gasteiger partial charge on any atom is 0.0559 e. The Labute approximate surface area is 101 Å². The maximum absolute atomic E-state index is 6.19. The van der Waals surface area contributed by atoms with Crippen molar-refractivity contribution in [3.05, 3.63) is 57.8 Å². The molecule has 1 atom stereocenters. The van der Waals surface area contributed by atoms with Crippen molar-refractivity contribution in [1.82, 2.24) is 0 Å². The molecule has 84 valence electrons. The van der Waals surface area contributed by atoms with E-state index >= 15 is 0 Å². The van der Waals surface area contributed by atoms with Gasteiger partial charge in [0.15, 0.2) is 0 Å². The van der Waals surface area contributed by atoms with E-state index in [9.17, 15) is 0 Å². The lowest BCUT2D eigenvalue weighted by molar-refractivity contribution is 0.849. The molecule has 0 saturated carbocycles. The molecule has 1 heterocycles. The number of thiophene rings is 1. The first-order valence-electron chi connectivity index (χ1n) is 5.56. The molecular formula is C14H17NS. The van der Waals surface area contributed by atoms with Crippen LogP contribution in [0.1, 0.15) is 42.5 Å². The Morgan fingerprint density at radius 2 is 1.56 bits per heavy atom. The highest BCUT2D eigenvalue weighted by Crippen LogP contribution is 2.23. The highest BCUT2D eigenvalue weighted by atomic mass is 32.1. The molecule has 16 heavy (non-hydrogen) atoms. The van der Waals surface area contributed by atoms with Crippen LogP contribution in [0.3, 0.4) is 0 Å². The average molecular weight is 231 g/mol. The van der Waals surface area contributed by atoms with Crippen molar-refractivity contribution < 1.29 is 0 Å². The number of rotatable bonds is 3. The van der Waals surface area contributed by atoms with E-state index in [1.807, 2.05) is 0 Å². The van der Waals surface area contributed by atoms with Crippen LogP contribution in [-0.4, -0.2) is 0 Å². The van der Waals surface area contributed by atoms with Gasteiger partial charge in [0.1, 0.15) is 0 Å². The minimum absolute atomic E-state index is 0.00691. The number of nitrogens with two attached hydrogens (primary N) is 1. The molecule has 1 aromatic heterocycles. The van der Waals surface area contributed by atoms with Crippen LogP contribution < -0.4 is 5.73 Å². The average Bonchev–Trinajstić information content (AvgIpc) is 2.81. The number of benzene rings is 1. The van der Waals surface area contributed by atoms with Crippen molar-refractivity contribution in [3.63, 3.8) is 0 Å². The topological polar surface area (TPSA) is 26.0 Å². The summed E-state index contributed by atoms with van der Waals surface area (Å²) in [6.07, 6.45) is 0. The van der Waals surface area contributed by atoms with E-state index in [1.165, 1.54) is 16.7 Å². The fourth-order valence-corrected chi connectivity index (χ4v) is 2.43. The second-order valence-electron chi connectivity index (χ2n) is 4.36. The molecule has 0 spiro atoms. The lowest BCUT2D eigenvalue weighted by atomic mass is 9.97. The Balaban J connectivity index is 2.22. The Kier molecular flexibility index (Phi) is 3.42. The number of hydrogen-bond acceptors (Lipinski definition) is 2. The molecule has 1 aromatic carbocycles. The van der Waals surface area contributed by atoms with Gasteiger partial charge in [-0.1, -0.05) is 38.1 Å². The zero-order chi connectivity index (χ0) is 11.5. The van der Waals surface area contributed by atoms with Crippen LogP contribution in [0.4, 0.5) is 0 Å². The predicted molar refractivity (Wildman–Crippen MR) is 70.9 cm³/mol. The highest BCUT2D eigenvalue weighted by molar-refractivity contribution is 7.08. The SMILES string of the molecule is CC(C)c1ccc([C@@H](N)c2ccsc2)cc1. The zero-order valence-corrected chi connectivity index (χ0v) is 10.5. The van der Waals surface area contributed by atoms with Gasteiger partial charge >= 0.3 is 0 Å². The lowest BCUT2D eigenvalue weighted by Crippen LogP contribution is -2.10. The summed E-state index contributed by atoms with van der Waals surface area (Å²) < 4.78 is 0. The minimum Gasteiger partial charge on any atom is -0.320 e. The monoisotopic (exact) mass is 231 g/mol. The van der Waals surface area contributed by atoms with Gasteiger partial charge in [-0.3, -0.25) is 0 Å². The van der Waals surface area contributed by atoms with Gasteiger partial charge in [-0.25, -0.2) is 0 Å². The molecule has 2 N–H and O–H groups in total. The van der Waals surface area contributed by atoms with Crippen molar-refractivity contribution in [3.8, 4) is 0 Å². The molecule has 0 aliphatic heterocycles. The second-order valence-corrected chi connectivity index (χ2v) is 5.14. The van der Waals surface area contributed by atoms with Gasteiger partial charge in [0.05, 0.1) is 6.04 Å².